The van der Waals surface area contributed by atoms with Gasteiger partial charge in [-0.2, -0.15) is 0 Å². The molecule has 3 aromatic carbocycles. The van der Waals surface area contributed by atoms with Gasteiger partial charge in [0.2, 0.25) is 20.2 Å². The number of rotatable bonds is 7. The van der Waals surface area contributed by atoms with Gasteiger partial charge in [0, 0.05) is 42.2 Å². The number of aliphatic hydroxyl groups excluding tert-OH is 1. The molecular weight excluding hydrogens is 601 g/mol. The number of aliphatic hydroxyl groups is 1. The van der Waals surface area contributed by atoms with Crippen LogP contribution >= 0.6 is 0 Å². The number of carbonyl (C=O) groups is 3. The number of halogens is 1. The van der Waals surface area contributed by atoms with Crippen molar-refractivity contribution in [3.63, 3.8) is 0 Å². The number of benzene rings is 3. The van der Waals surface area contributed by atoms with E-state index in [1.807, 2.05) is 79.7 Å². The first-order valence-corrected chi connectivity index (χ1v) is 19.1. The SMILES string of the molecule is C[C@@H]1[C@@H]([Si](C)(C)F)[C@H](CC(=O)N2Cc3ccccc3C[C@H]2CO)O[C@@]12C(=O)N(Cc1ccccc1)c1ccc(N3CCC3=O)cc12. The number of carbonyl (C=O) groups excluding carboxylic acids is 3. The van der Waals surface area contributed by atoms with Gasteiger partial charge in [-0.15, -0.1) is 0 Å². The van der Waals surface area contributed by atoms with E-state index in [0.717, 1.165) is 16.7 Å². The zero-order chi connectivity index (χ0) is 32.4. The van der Waals surface area contributed by atoms with Gasteiger partial charge < -0.3 is 28.7 Å². The maximum atomic E-state index is 16.4. The molecule has 0 bridgehead atoms. The van der Waals surface area contributed by atoms with Gasteiger partial charge in [0.25, 0.3) is 5.91 Å². The number of ether oxygens (including phenoxy) is 1. The van der Waals surface area contributed by atoms with Crippen molar-refractivity contribution in [2.75, 3.05) is 23.0 Å². The fraction of sp³-hybridized carbons (Fsp3) is 0.417. The summed E-state index contributed by atoms with van der Waals surface area (Å²) in [6.07, 6.45) is 0.0720. The largest absolute Gasteiger partial charge is 0.394 e. The highest BCUT2D eigenvalue weighted by atomic mass is 28.4. The molecule has 0 saturated carbocycles. The molecule has 4 aliphatic rings. The second-order valence-electron chi connectivity index (χ2n) is 13.7. The van der Waals surface area contributed by atoms with E-state index >= 15 is 4.11 Å². The van der Waals surface area contributed by atoms with Gasteiger partial charge >= 0.3 is 0 Å². The molecule has 2 saturated heterocycles. The Bertz CT molecular complexity index is 1700. The van der Waals surface area contributed by atoms with E-state index in [1.165, 1.54) is 0 Å². The first-order chi connectivity index (χ1) is 22.0. The number of anilines is 2. The van der Waals surface area contributed by atoms with Gasteiger partial charge in [-0.05, 0) is 54.4 Å². The lowest BCUT2D eigenvalue weighted by atomic mass is 9.82. The lowest BCUT2D eigenvalue weighted by Crippen LogP contribution is -2.48. The first-order valence-electron chi connectivity index (χ1n) is 16.2. The molecule has 2 fully saturated rings. The van der Waals surface area contributed by atoms with Crippen molar-refractivity contribution in [2.24, 2.45) is 5.92 Å². The Balaban J connectivity index is 1.27. The smallest absolute Gasteiger partial charge is 0.264 e. The van der Waals surface area contributed by atoms with E-state index in [4.69, 9.17) is 4.74 Å². The van der Waals surface area contributed by atoms with E-state index in [2.05, 4.69) is 0 Å². The highest BCUT2D eigenvalue weighted by Crippen LogP contribution is 2.61. The number of amides is 3. The van der Waals surface area contributed by atoms with E-state index in [1.54, 1.807) is 27.8 Å². The van der Waals surface area contributed by atoms with Crippen LogP contribution in [0.25, 0.3) is 0 Å². The van der Waals surface area contributed by atoms with Crippen molar-refractivity contribution >= 4 is 37.5 Å². The molecule has 8 nitrogen and oxygen atoms in total. The fourth-order valence-corrected chi connectivity index (χ4v) is 10.7. The molecule has 10 heteroatoms. The summed E-state index contributed by atoms with van der Waals surface area (Å²) in [6.45, 7) is 6.20. The number of hydrogen-bond donors (Lipinski definition) is 1. The Morgan fingerprint density at radius 1 is 1.04 bits per heavy atom. The minimum absolute atomic E-state index is 0.0139. The lowest BCUT2D eigenvalue weighted by molar-refractivity contribution is -0.151. The van der Waals surface area contributed by atoms with Crippen LogP contribution in [-0.2, 0) is 44.2 Å². The van der Waals surface area contributed by atoms with Crippen LogP contribution in [0, 0.1) is 5.92 Å². The molecule has 3 amide bonds. The average Bonchev–Trinajstić information content (AvgIpc) is 3.46. The van der Waals surface area contributed by atoms with Crippen LogP contribution < -0.4 is 9.80 Å². The highest BCUT2D eigenvalue weighted by Gasteiger charge is 2.67. The zero-order valence-electron chi connectivity index (χ0n) is 26.5. The predicted molar refractivity (Wildman–Crippen MR) is 175 cm³/mol. The monoisotopic (exact) mass is 641 g/mol. The molecule has 0 aromatic heterocycles. The van der Waals surface area contributed by atoms with E-state index in [0.29, 0.717) is 49.4 Å². The molecule has 0 aliphatic carbocycles. The zero-order valence-corrected chi connectivity index (χ0v) is 27.5. The summed E-state index contributed by atoms with van der Waals surface area (Å²) in [5.74, 6) is -1.05. The molecule has 1 spiro atoms. The minimum Gasteiger partial charge on any atom is -0.394 e. The number of β-lactam (4-membered cyclic amide) rings is 1. The molecule has 5 atom stereocenters. The minimum atomic E-state index is -3.51. The van der Waals surface area contributed by atoms with Crippen LogP contribution in [0.15, 0.2) is 72.8 Å². The Labute approximate surface area is 269 Å². The Kier molecular flexibility index (Phi) is 7.65. The normalized spacial score (nSPS) is 27.2. The summed E-state index contributed by atoms with van der Waals surface area (Å²) in [7, 11) is -3.51. The van der Waals surface area contributed by atoms with Crippen molar-refractivity contribution in [2.45, 2.75) is 75.7 Å². The maximum Gasteiger partial charge on any atom is 0.264 e. The van der Waals surface area contributed by atoms with Gasteiger partial charge in [-0.3, -0.25) is 14.4 Å². The molecule has 0 radical (unpaired) electrons. The van der Waals surface area contributed by atoms with Gasteiger partial charge in [0.15, 0.2) is 5.60 Å². The Hall–Kier alpha value is -3.86. The molecule has 0 unspecified atom stereocenters. The summed E-state index contributed by atoms with van der Waals surface area (Å²) < 4.78 is 23.3. The topological polar surface area (TPSA) is 90.4 Å². The second kappa shape index (κ2) is 11.4. The van der Waals surface area contributed by atoms with Crippen LogP contribution in [0.5, 0.6) is 0 Å². The van der Waals surface area contributed by atoms with Crippen molar-refractivity contribution in [1.82, 2.24) is 4.90 Å². The summed E-state index contributed by atoms with van der Waals surface area (Å²) in [6, 6.07) is 22.8. The molecule has 240 valence electrons. The molecule has 1 N–H and O–H groups in total. The molecule has 4 heterocycles. The molecule has 7 rings (SSSR count). The molecular formula is C36H40FN3O5Si. The van der Waals surface area contributed by atoms with Crippen LogP contribution in [-0.4, -0.2) is 61.4 Å². The maximum absolute atomic E-state index is 16.4. The second-order valence-corrected chi connectivity index (χ2v) is 17.5. The molecule has 4 aliphatic heterocycles. The summed E-state index contributed by atoms with van der Waals surface area (Å²) in [5.41, 5.74) is 2.90. The molecule has 3 aromatic rings. The van der Waals surface area contributed by atoms with Crippen molar-refractivity contribution in [1.29, 1.82) is 0 Å². The number of hydrogen-bond acceptors (Lipinski definition) is 5. The van der Waals surface area contributed by atoms with Gasteiger partial charge in [0.05, 0.1) is 37.4 Å². The van der Waals surface area contributed by atoms with Gasteiger partial charge in [-0.1, -0.05) is 61.5 Å². The van der Waals surface area contributed by atoms with E-state index < -0.39 is 37.6 Å². The summed E-state index contributed by atoms with van der Waals surface area (Å²) in [4.78, 5) is 46.3. The highest BCUT2D eigenvalue weighted by molar-refractivity contribution is 6.72. The standard InChI is InChI=1S/C36H40FN3O5Si/c1-23-34(46(2,3)37)31(19-33(43)39-21-26-12-8-7-11-25(26)17-28(39)22-41)45-36(23)29-18-27(38-16-15-32(38)42)13-14-30(29)40(35(36)44)20-24-9-5-4-6-10-24/h4-14,18,23,28,31,34,41H,15-17,19-22H2,1-3H3/t23-,28+,31+,34-,36+/m1/s1. The van der Waals surface area contributed by atoms with Crippen molar-refractivity contribution < 1.29 is 28.3 Å². The molecule has 46 heavy (non-hydrogen) atoms. The third-order valence-corrected chi connectivity index (χ3v) is 13.0. The summed E-state index contributed by atoms with van der Waals surface area (Å²) in [5, 5.41) is 10.2. The Morgan fingerprint density at radius 3 is 2.41 bits per heavy atom. The van der Waals surface area contributed by atoms with Crippen molar-refractivity contribution in [3.05, 3.63) is 95.1 Å². The van der Waals surface area contributed by atoms with Crippen LogP contribution in [0.1, 0.15) is 42.0 Å². The van der Waals surface area contributed by atoms with Gasteiger partial charge in [-0.25, -0.2) is 0 Å². The van der Waals surface area contributed by atoms with E-state index in [-0.39, 0.29) is 30.7 Å². The average molecular weight is 642 g/mol. The predicted octanol–water partition coefficient (Wildman–Crippen LogP) is 5.08. The van der Waals surface area contributed by atoms with Crippen molar-refractivity contribution in [3.8, 4) is 0 Å². The first kappa shape index (κ1) is 30.8. The number of nitrogens with zero attached hydrogens (tertiary/aromatic N) is 3. The third-order valence-electron chi connectivity index (χ3n) is 10.6. The third kappa shape index (κ3) is 4.89. The quantitative estimate of drug-likeness (QED) is 0.221. The Morgan fingerprint density at radius 2 is 1.76 bits per heavy atom. The van der Waals surface area contributed by atoms with Crippen LogP contribution in [0.4, 0.5) is 15.5 Å². The number of fused-ring (bicyclic) bond motifs is 3. The van der Waals surface area contributed by atoms with Crippen LogP contribution in [0.2, 0.25) is 18.6 Å². The summed E-state index contributed by atoms with van der Waals surface area (Å²) >= 11 is 0. The lowest BCUT2D eigenvalue weighted by Gasteiger charge is -2.37. The van der Waals surface area contributed by atoms with Crippen LogP contribution in [0.3, 0.4) is 0 Å². The fourth-order valence-electron chi connectivity index (χ4n) is 8.25. The van der Waals surface area contributed by atoms with E-state index in [9.17, 15) is 19.5 Å². The van der Waals surface area contributed by atoms with Gasteiger partial charge in [0.1, 0.15) is 0 Å².